The van der Waals surface area contributed by atoms with E-state index < -0.39 is 50.6 Å². The highest BCUT2D eigenvalue weighted by atomic mass is 31.2. The van der Waals surface area contributed by atoms with Crippen LogP contribution in [0.5, 0.6) is 0 Å². The molecule has 1 unspecified atom stereocenters. The molecule has 1 fully saturated rings. The molecule has 0 aliphatic heterocycles. The lowest BCUT2D eigenvalue weighted by Gasteiger charge is -2.28. The Hall–Kier alpha value is -2.96. The Morgan fingerprint density at radius 2 is 1.43 bits per heavy atom. The van der Waals surface area contributed by atoms with Gasteiger partial charge in [0.15, 0.2) is 6.10 Å². The van der Waals surface area contributed by atoms with Gasteiger partial charge in [-0.05, 0) is 70.6 Å². The SMILES string of the molecule is CC/C=C\C/C=C\C/C=C\C/C=C\CCCCCCC(=O)OC[C@H](COP(=O)([O-])OCC[N+](C)(C)C)OC(=O)CCC/C=C\C[C@H]1[C@@H](O)CC(=O)[C@@H]1/C=C/[C@@H](O)CCCCC. The third-order valence-corrected chi connectivity index (χ3v) is 11.1. The number of carbonyl (C=O) groups excluding carboxylic acids is 3. The average molecular weight is 878 g/mol. The van der Waals surface area contributed by atoms with Gasteiger partial charge in [-0.2, -0.15) is 0 Å². The fourth-order valence-electron chi connectivity index (χ4n) is 6.45. The number of hydrogen-bond donors (Lipinski definition) is 2. The summed E-state index contributed by atoms with van der Waals surface area (Å²) in [4.78, 5) is 50.3. The second-order valence-electron chi connectivity index (χ2n) is 16.8. The zero-order valence-corrected chi connectivity index (χ0v) is 38.9. The van der Waals surface area contributed by atoms with Crippen molar-refractivity contribution in [2.24, 2.45) is 11.8 Å². The number of phosphoric ester groups is 1. The topological polar surface area (TPSA) is 169 Å². The Bertz CT molecular complexity index is 1430. The van der Waals surface area contributed by atoms with Crippen LogP contribution in [0.25, 0.3) is 0 Å². The van der Waals surface area contributed by atoms with Crippen molar-refractivity contribution in [3.05, 3.63) is 72.9 Å². The highest BCUT2D eigenvalue weighted by molar-refractivity contribution is 7.45. The molecule has 0 spiro atoms. The Morgan fingerprint density at radius 3 is 2.10 bits per heavy atom. The van der Waals surface area contributed by atoms with Crippen LogP contribution in [0.2, 0.25) is 0 Å². The van der Waals surface area contributed by atoms with E-state index in [9.17, 15) is 34.1 Å². The van der Waals surface area contributed by atoms with Crippen LogP contribution in [0.15, 0.2) is 72.9 Å². The second-order valence-corrected chi connectivity index (χ2v) is 18.2. The van der Waals surface area contributed by atoms with Crippen molar-refractivity contribution in [2.75, 3.05) is 47.5 Å². The maximum absolute atomic E-state index is 12.8. The standard InChI is InChI=1S/C48H80NO11P/c1-6-8-10-11-12-13-14-15-16-17-18-19-20-21-22-23-28-32-47(53)57-39-42(40-59-61(55,56)58-37-36-49(3,4)5)60-48(54)33-29-25-24-27-31-43-44(46(52)38-45(43)51)35-34-41(50)30-26-9-7-2/h8,10,12-13,15-16,18-19,24,27,34-35,41-45,50-51H,6-7,9,11,14,17,20-23,25-26,28-33,36-40H2,1-5H3/b10-8-,13-12-,16-15-,19-18-,27-24-,35-34+/t41-,42+,43+,44+,45-/m0/s1. The molecule has 0 aromatic carbocycles. The number of aliphatic hydroxyl groups excluding tert-OH is 2. The van der Waals surface area contributed by atoms with E-state index in [4.69, 9.17) is 18.5 Å². The molecule has 0 bridgehead atoms. The fraction of sp³-hybridized carbons (Fsp3) is 0.688. The summed E-state index contributed by atoms with van der Waals surface area (Å²) in [5.41, 5.74) is 0. The summed E-state index contributed by atoms with van der Waals surface area (Å²) in [6, 6.07) is 0. The normalized spacial score (nSPS) is 19.7. The third kappa shape index (κ3) is 31.5. The van der Waals surface area contributed by atoms with Gasteiger partial charge in [0.2, 0.25) is 0 Å². The number of likely N-dealkylation sites (N-methyl/N-ethyl adjacent to an activating group) is 1. The first-order valence-electron chi connectivity index (χ1n) is 22.7. The molecule has 1 aliphatic carbocycles. The van der Waals surface area contributed by atoms with E-state index in [2.05, 4.69) is 62.5 Å². The summed E-state index contributed by atoms with van der Waals surface area (Å²) in [6.07, 6.45) is 35.8. The molecular weight excluding hydrogens is 797 g/mol. The lowest BCUT2D eigenvalue weighted by molar-refractivity contribution is -0.870. The third-order valence-electron chi connectivity index (χ3n) is 10.1. The van der Waals surface area contributed by atoms with Crippen LogP contribution in [0.3, 0.4) is 0 Å². The molecule has 0 heterocycles. The van der Waals surface area contributed by atoms with Crippen molar-refractivity contribution in [2.45, 2.75) is 154 Å². The number of ketones is 1. The molecule has 1 aliphatic rings. The summed E-state index contributed by atoms with van der Waals surface area (Å²) < 4.78 is 33.8. The first-order valence-corrected chi connectivity index (χ1v) is 24.2. The largest absolute Gasteiger partial charge is 0.756 e. The molecule has 0 saturated heterocycles. The molecule has 1 rings (SSSR count). The van der Waals surface area contributed by atoms with Crippen LogP contribution < -0.4 is 4.89 Å². The van der Waals surface area contributed by atoms with Crippen molar-refractivity contribution in [1.82, 2.24) is 0 Å². The highest BCUT2D eigenvalue weighted by Gasteiger charge is 2.39. The number of rotatable bonds is 36. The average Bonchev–Trinajstić information content (AvgIpc) is 3.47. The van der Waals surface area contributed by atoms with Crippen molar-refractivity contribution < 1.29 is 57.1 Å². The van der Waals surface area contributed by atoms with E-state index in [1.54, 1.807) is 12.2 Å². The van der Waals surface area contributed by atoms with Gasteiger partial charge in [0.05, 0.1) is 40.0 Å². The zero-order chi connectivity index (χ0) is 45.2. The molecule has 13 heteroatoms. The number of ether oxygens (including phenoxy) is 2. The fourth-order valence-corrected chi connectivity index (χ4v) is 7.18. The Labute approximate surface area is 368 Å². The number of carbonyl (C=O) groups is 3. The first-order chi connectivity index (χ1) is 29.2. The van der Waals surface area contributed by atoms with E-state index in [-0.39, 0.29) is 44.2 Å². The minimum atomic E-state index is -4.71. The summed E-state index contributed by atoms with van der Waals surface area (Å²) in [5, 5.41) is 20.8. The summed E-state index contributed by atoms with van der Waals surface area (Å²) >= 11 is 0. The molecule has 0 amide bonds. The highest BCUT2D eigenvalue weighted by Crippen LogP contribution is 2.38. The van der Waals surface area contributed by atoms with Gasteiger partial charge in [-0.15, -0.1) is 0 Å². The number of Topliss-reactive ketones (excluding diaryl/α,β-unsaturated/α-hetero) is 1. The van der Waals surface area contributed by atoms with E-state index >= 15 is 0 Å². The molecule has 0 radical (unpaired) electrons. The molecule has 12 nitrogen and oxygen atoms in total. The minimum absolute atomic E-state index is 0.0244. The molecule has 2 N–H and O–H groups in total. The molecular formula is C48H80NO11P. The van der Waals surface area contributed by atoms with E-state index in [1.165, 1.54) is 0 Å². The van der Waals surface area contributed by atoms with Gasteiger partial charge in [0, 0.05) is 31.1 Å². The van der Waals surface area contributed by atoms with Gasteiger partial charge < -0.3 is 38.1 Å². The summed E-state index contributed by atoms with van der Waals surface area (Å²) in [5.74, 6) is -1.85. The van der Waals surface area contributed by atoms with Crippen molar-refractivity contribution >= 4 is 25.5 Å². The van der Waals surface area contributed by atoms with Crippen LogP contribution in [0.1, 0.15) is 136 Å². The van der Waals surface area contributed by atoms with Gasteiger partial charge in [-0.1, -0.05) is 119 Å². The first kappa shape index (κ1) is 56.1. The Kier molecular flexibility index (Phi) is 31.7. The molecule has 6 atom stereocenters. The number of phosphoric acid groups is 1. The van der Waals surface area contributed by atoms with Crippen molar-refractivity contribution in [3.63, 3.8) is 0 Å². The van der Waals surface area contributed by atoms with Crippen LogP contribution in [0.4, 0.5) is 0 Å². The van der Waals surface area contributed by atoms with Crippen molar-refractivity contribution in [3.8, 4) is 0 Å². The maximum Gasteiger partial charge on any atom is 0.306 e. The van der Waals surface area contributed by atoms with Gasteiger partial charge in [0.25, 0.3) is 7.82 Å². The molecule has 1 saturated carbocycles. The predicted molar refractivity (Wildman–Crippen MR) is 241 cm³/mol. The van der Waals surface area contributed by atoms with Crippen LogP contribution in [-0.2, 0) is 37.5 Å². The second kappa shape index (κ2) is 34.5. The van der Waals surface area contributed by atoms with Crippen LogP contribution in [0, 0.1) is 11.8 Å². The molecule has 61 heavy (non-hydrogen) atoms. The van der Waals surface area contributed by atoms with E-state index in [1.807, 2.05) is 33.3 Å². The van der Waals surface area contributed by atoms with E-state index in [0.717, 1.165) is 70.6 Å². The van der Waals surface area contributed by atoms with Gasteiger partial charge >= 0.3 is 11.9 Å². The number of esters is 2. The number of unbranched alkanes of at least 4 members (excludes halogenated alkanes) is 7. The number of aliphatic hydroxyl groups is 2. The smallest absolute Gasteiger partial charge is 0.306 e. The lowest BCUT2D eigenvalue weighted by atomic mass is 9.90. The van der Waals surface area contributed by atoms with Crippen LogP contribution in [-0.4, -0.2) is 98.2 Å². The molecule has 0 aromatic heterocycles. The van der Waals surface area contributed by atoms with Gasteiger partial charge in [0.1, 0.15) is 25.5 Å². The summed E-state index contributed by atoms with van der Waals surface area (Å²) in [6.45, 7) is 3.64. The predicted octanol–water partition coefficient (Wildman–Crippen LogP) is 8.98. The molecule has 348 valence electrons. The minimum Gasteiger partial charge on any atom is -0.756 e. The van der Waals surface area contributed by atoms with Crippen molar-refractivity contribution in [1.29, 1.82) is 0 Å². The maximum atomic E-state index is 12.8. The monoisotopic (exact) mass is 878 g/mol. The quantitative estimate of drug-likeness (QED) is 0.0203. The number of quaternary nitrogens is 1. The van der Waals surface area contributed by atoms with E-state index in [0.29, 0.717) is 43.1 Å². The zero-order valence-electron chi connectivity index (χ0n) is 38.0. The summed E-state index contributed by atoms with van der Waals surface area (Å²) in [7, 11) is 0.974. The molecule has 0 aromatic rings. The number of hydrogen-bond acceptors (Lipinski definition) is 11. The van der Waals surface area contributed by atoms with Gasteiger partial charge in [-0.3, -0.25) is 18.9 Å². The Morgan fingerprint density at radius 1 is 0.803 bits per heavy atom. The number of nitrogens with zero attached hydrogens (tertiary/aromatic N) is 1. The lowest BCUT2D eigenvalue weighted by Crippen LogP contribution is -2.37. The number of allylic oxidation sites excluding steroid dienone is 11. The van der Waals surface area contributed by atoms with Gasteiger partial charge in [-0.25, -0.2) is 0 Å². The Balaban J connectivity index is 2.52. The van der Waals surface area contributed by atoms with Crippen LogP contribution >= 0.6 is 7.82 Å².